The van der Waals surface area contributed by atoms with Gasteiger partial charge in [-0.25, -0.2) is 4.68 Å². The number of anilines is 1. The zero-order valence-corrected chi connectivity index (χ0v) is 13.8. The highest BCUT2D eigenvalue weighted by atomic mass is 32.2. The van der Waals surface area contributed by atoms with Crippen molar-refractivity contribution in [2.24, 2.45) is 0 Å². The van der Waals surface area contributed by atoms with Gasteiger partial charge in [0.25, 0.3) is 5.78 Å². The fourth-order valence-corrected chi connectivity index (χ4v) is 2.67. The van der Waals surface area contributed by atoms with Crippen molar-refractivity contribution in [2.75, 3.05) is 31.1 Å². The Hall–Kier alpha value is -2.95. The van der Waals surface area contributed by atoms with E-state index in [1.807, 2.05) is 0 Å². The van der Waals surface area contributed by atoms with Crippen LogP contribution in [0.3, 0.4) is 0 Å². The summed E-state index contributed by atoms with van der Waals surface area (Å²) in [6.45, 7) is 0. The van der Waals surface area contributed by atoms with E-state index in [-0.39, 0.29) is 11.7 Å². The van der Waals surface area contributed by atoms with Crippen LogP contribution in [0.1, 0.15) is 0 Å². The van der Waals surface area contributed by atoms with Gasteiger partial charge in [0.1, 0.15) is 17.8 Å². The summed E-state index contributed by atoms with van der Waals surface area (Å²) in [5, 5.41) is 15.1. The highest BCUT2D eigenvalue weighted by molar-refractivity contribution is 7.99. The van der Waals surface area contributed by atoms with Crippen LogP contribution in [0, 0.1) is 0 Å². The van der Waals surface area contributed by atoms with Gasteiger partial charge in [-0.1, -0.05) is 11.8 Å². The Kier molecular flexibility index (Phi) is 4.42. The maximum Gasteiger partial charge on any atom is 0.273 e. The van der Waals surface area contributed by atoms with Gasteiger partial charge in [-0.2, -0.15) is 9.61 Å². The summed E-state index contributed by atoms with van der Waals surface area (Å²) in [7, 11) is 3.08. The number of nitrogens with zero attached hydrogens (tertiary/aromatic N) is 5. The van der Waals surface area contributed by atoms with Crippen molar-refractivity contribution in [1.29, 1.82) is 0 Å². The highest BCUT2D eigenvalue weighted by Crippen LogP contribution is 2.29. The van der Waals surface area contributed by atoms with E-state index < -0.39 is 0 Å². The number of ether oxygens (including phenoxy) is 2. The number of fused-ring (bicyclic) bond motifs is 1. The topological polar surface area (TPSA) is 122 Å². The molecule has 0 fully saturated rings. The van der Waals surface area contributed by atoms with Crippen molar-refractivity contribution in [3.8, 4) is 11.5 Å². The summed E-state index contributed by atoms with van der Waals surface area (Å²) in [5.41, 5.74) is 0.557. The van der Waals surface area contributed by atoms with E-state index >= 15 is 0 Å². The third-order valence-electron chi connectivity index (χ3n) is 3.13. The van der Waals surface area contributed by atoms with Crippen LogP contribution in [-0.2, 0) is 4.79 Å². The first-order valence-corrected chi connectivity index (χ1v) is 7.79. The highest BCUT2D eigenvalue weighted by Gasteiger charge is 2.14. The number of nitrogens with one attached hydrogen (secondary N) is 1. The number of rotatable bonds is 6. The maximum atomic E-state index is 12.1. The second-order valence-corrected chi connectivity index (χ2v) is 5.58. The van der Waals surface area contributed by atoms with Gasteiger partial charge < -0.3 is 20.6 Å². The van der Waals surface area contributed by atoms with E-state index in [9.17, 15) is 4.79 Å². The molecule has 0 atom stereocenters. The molecule has 126 valence electrons. The van der Waals surface area contributed by atoms with Crippen LogP contribution in [0.4, 0.5) is 5.69 Å². The Morgan fingerprint density at radius 1 is 1.33 bits per heavy atom. The monoisotopic (exact) mass is 349 g/mol. The number of amides is 1. The van der Waals surface area contributed by atoms with Crippen molar-refractivity contribution in [3.63, 3.8) is 0 Å². The van der Waals surface area contributed by atoms with Gasteiger partial charge >= 0.3 is 0 Å². The number of methoxy groups -OCH3 is 2. The predicted octanol–water partition coefficient (Wildman–Crippen LogP) is 0.388. The molecule has 3 aromatic rings. The zero-order chi connectivity index (χ0) is 17.1. The van der Waals surface area contributed by atoms with Crippen molar-refractivity contribution < 1.29 is 14.3 Å². The molecule has 0 unspecified atom stereocenters. The summed E-state index contributed by atoms with van der Waals surface area (Å²) in [6, 6.07) is 5.14. The Morgan fingerprint density at radius 2 is 2.17 bits per heavy atom. The van der Waals surface area contributed by atoms with Gasteiger partial charge in [0.05, 0.1) is 25.7 Å². The first-order valence-electron chi connectivity index (χ1n) is 6.81. The Balaban J connectivity index is 1.65. The molecule has 0 aliphatic heterocycles. The SMILES string of the molecule is COc1ccc(NC(=O)CSc2nnc3n(N)cnn23)c(OC)c1. The fourth-order valence-electron chi connectivity index (χ4n) is 1.99. The number of benzene rings is 1. The molecule has 3 N–H and O–H groups in total. The number of carbonyl (C=O) groups excluding carboxylic acids is 1. The van der Waals surface area contributed by atoms with E-state index in [1.165, 1.54) is 34.4 Å². The van der Waals surface area contributed by atoms with Gasteiger partial charge in [-0.05, 0) is 12.1 Å². The van der Waals surface area contributed by atoms with Crippen LogP contribution in [0.25, 0.3) is 5.78 Å². The largest absolute Gasteiger partial charge is 0.497 e. The van der Waals surface area contributed by atoms with E-state index in [0.29, 0.717) is 28.1 Å². The molecule has 24 heavy (non-hydrogen) atoms. The minimum absolute atomic E-state index is 0.132. The van der Waals surface area contributed by atoms with E-state index in [4.69, 9.17) is 15.3 Å². The molecule has 0 aliphatic carbocycles. The van der Waals surface area contributed by atoms with Crippen LogP contribution >= 0.6 is 11.8 Å². The van der Waals surface area contributed by atoms with E-state index in [0.717, 1.165) is 0 Å². The lowest BCUT2D eigenvalue weighted by atomic mass is 10.2. The molecule has 1 amide bonds. The quantitative estimate of drug-likeness (QED) is 0.484. The average molecular weight is 349 g/mol. The van der Waals surface area contributed by atoms with Crippen LogP contribution in [0.15, 0.2) is 29.7 Å². The molecule has 2 heterocycles. The normalized spacial score (nSPS) is 10.8. The standard InChI is InChI=1S/C13H15N7O3S/c1-22-8-3-4-9(10(5-8)23-2)16-11(21)6-24-13-18-17-12-19(14)7-15-20(12)13/h3-5,7H,6,14H2,1-2H3,(H,16,21). The first kappa shape index (κ1) is 15.9. The summed E-state index contributed by atoms with van der Waals surface area (Å²) in [6.07, 6.45) is 1.41. The van der Waals surface area contributed by atoms with Gasteiger partial charge in [0.15, 0.2) is 0 Å². The number of nitrogens with two attached hydrogens (primary N) is 1. The van der Waals surface area contributed by atoms with Gasteiger partial charge in [-0.15, -0.1) is 10.2 Å². The summed E-state index contributed by atoms with van der Waals surface area (Å²) in [4.78, 5) is 12.1. The first-order chi connectivity index (χ1) is 11.6. The number of aromatic nitrogens is 5. The van der Waals surface area contributed by atoms with Crippen LogP contribution < -0.4 is 20.6 Å². The lowest BCUT2D eigenvalue weighted by molar-refractivity contribution is -0.113. The minimum Gasteiger partial charge on any atom is -0.497 e. The zero-order valence-electron chi connectivity index (χ0n) is 13.0. The van der Waals surface area contributed by atoms with Gasteiger partial charge in [0, 0.05) is 6.07 Å². The molecule has 1 aromatic carbocycles. The van der Waals surface area contributed by atoms with Gasteiger partial charge in [0.2, 0.25) is 11.1 Å². The van der Waals surface area contributed by atoms with Crippen molar-refractivity contribution in [1.82, 2.24) is 24.5 Å². The second kappa shape index (κ2) is 6.66. The van der Waals surface area contributed by atoms with Crippen molar-refractivity contribution >= 4 is 29.1 Å². The summed E-state index contributed by atoms with van der Waals surface area (Å²) in [5.74, 6) is 7.09. The molecule has 0 bridgehead atoms. The van der Waals surface area contributed by atoms with Crippen molar-refractivity contribution in [2.45, 2.75) is 5.16 Å². The molecule has 0 spiro atoms. The molecule has 0 radical (unpaired) electrons. The minimum atomic E-state index is -0.215. The number of hydrogen-bond acceptors (Lipinski definition) is 8. The van der Waals surface area contributed by atoms with E-state index in [1.54, 1.807) is 25.3 Å². The van der Waals surface area contributed by atoms with Crippen LogP contribution in [-0.4, -0.2) is 50.4 Å². The molecule has 11 heteroatoms. The van der Waals surface area contributed by atoms with Crippen molar-refractivity contribution in [3.05, 3.63) is 24.5 Å². The third kappa shape index (κ3) is 3.06. The maximum absolute atomic E-state index is 12.1. The number of thioether (sulfide) groups is 1. The molecule has 3 rings (SSSR count). The smallest absolute Gasteiger partial charge is 0.273 e. The molecular formula is C13H15N7O3S. The summed E-state index contributed by atoms with van der Waals surface area (Å²) < 4.78 is 13.1. The van der Waals surface area contributed by atoms with Crippen LogP contribution in [0.2, 0.25) is 0 Å². The predicted molar refractivity (Wildman–Crippen MR) is 87.8 cm³/mol. The molecule has 0 saturated heterocycles. The Morgan fingerprint density at radius 3 is 2.92 bits per heavy atom. The van der Waals surface area contributed by atoms with E-state index in [2.05, 4.69) is 20.6 Å². The fraction of sp³-hybridized carbons (Fsp3) is 0.231. The number of hydrogen-bond donors (Lipinski definition) is 2. The third-order valence-corrected chi connectivity index (χ3v) is 4.05. The summed E-state index contributed by atoms with van der Waals surface area (Å²) >= 11 is 1.20. The molecule has 0 saturated carbocycles. The lowest BCUT2D eigenvalue weighted by Gasteiger charge is -2.11. The Labute approximate surface area is 140 Å². The molecule has 0 aliphatic rings. The molecule has 2 aromatic heterocycles. The number of nitrogen functional groups attached to an aromatic ring is 1. The Bertz CT molecular complexity index is 876. The van der Waals surface area contributed by atoms with Gasteiger partial charge in [-0.3, -0.25) is 4.79 Å². The van der Waals surface area contributed by atoms with Crippen LogP contribution in [0.5, 0.6) is 11.5 Å². The lowest BCUT2D eigenvalue weighted by Crippen LogP contribution is -2.15. The molecular weight excluding hydrogens is 334 g/mol. The number of carbonyl (C=O) groups is 1. The molecule has 10 nitrogen and oxygen atoms in total. The second-order valence-electron chi connectivity index (χ2n) is 4.64. The average Bonchev–Trinajstić information content (AvgIpc) is 3.16.